The largest absolute Gasteiger partial charge is 0.452 e. The highest BCUT2D eigenvalue weighted by Crippen LogP contribution is 1.94. The van der Waals surface area contributed by atoms with Crippen LogP contribution >= 0.6 is 0 Å². The van der Waals surface area contributed by atoms with Gasteiger partial charge in [-0.05, 0) is 6.92 Å². The summed E-state index contributed by atoms with van der Waals surface area (Å²) in [5, 5.41) is 0. The molecule has 0 saturated carbocycles. The first-order valence-corrected chi connectivity index (χ1v) is 4.90. The van der Waals surface area contributed by atoms with Crippen LogP contribution in [0.15, 0.2) is 12.2 Å². The van der Waals surface area contributed by atoms with Gasteiger partial charge in [0.2, 0.25) is 0 Å². The molecule has 0 aliphatic carbocycles. The van der Waals surface area contributed by atoms with Crippen molar-refractivity contribution in [2.45, 2.75) is 20.8 Å². The summed E-state index contributed by atoms with van der Waals surface area (Å²) in [6.45, 7) is 8.45. The molecule has 0 amide bonds. The topological polar surface area (TPSA) is 52.6 Å². The van der Waals surface area contributed by atoms with Crippen molar-refractivity contribution < 1.29 is 19.1 Å². The molecule has 16 heavy (non-hydrogen) atoms. The van der Waals surface area contributed by atoms with E-state index in [4.69, 9.17) is 9.47 Å². The second kappa shape index (κ2) is 7.52. The molecule has 0 unspecified atom stereocenters. The van der Waals surface area contributed by atoms with Gasteiger partial charge < -0.3 is 9.47 Å². The third-order valence-corrected chi connectivity index (χ3v) is 1.51. The van der Waals surface area contributed by atoms with Gasteiger partial charge in [0.05, 0.1) is 5.92 Å². The summed E-state index contributed by atoms with van der Waals surface area (Å²) in [4.78, 5) is 21.9. The molecule has 0 radical (unpaired) electrons. The van der Waals surface area contributed by atoms with Crippen LogP contribution in [-0.4, -0.2) is 25.2 Å². The Bertz CT molecular complexity index is 331. The summed E-state index contributed by atoms with van der Waals surface area (Å²) in [6.07, 6.45) is 0. The standard InChI is InChI=1S/C12H16O4/c1-9(2)11(13)15-7-5-6-8-16-12(14)10(3)4/h10H,1,7-8H2,2-4H3. The predicted molar refractivity (Wildman–Crippen MR) is 59.3 cm³/mol. The maximum Gasteiger partial charge on any atom is 0.334 e. The van der Waals surface area contributed by atoms with E-state index in [1.165, 1.54) is 0 Å². The minimum absolute atomic E-state index is 0.0155. The van der Waals surface area contributed by atoms with Crippen LogP contribution in [0.4, 0.5) is 0 Å². The Balaban J connectivity index is 3.68. The zero-order valence-corrected chi connectivity index (χ0v) is 9.83. The fourth-order valence-electron chi connectivity index (χ4n) is 0.601. The average molecular weight is 224 g/mol. The van der Waals surface area contributed by atoms with E-state index in [1.54, 1.807) is 20.8 Å². The summed E-state index contributed by atoms with van der Waals surface area (Å²) >= 11 is 0. The van der Waals surface area contributed by atoms with Gasteiger partial charge in [0.25, 0.3) is 0 Å². The van der Waals surface area contributed by atoms with Gasteiger partial charge in [-0.3, -0.25) is 4.79 Å². The molecule has 0 aromatic carbocycles. The number of carbonyl (C=O) groups excluding carboxylic acids is 2. The van der Waals surface area contributed by atoms with Crippen LogP contribution in [-0.2, 0) is 19.1 Å². The lowest BCUT2D eigenvalue weighted by molar-refractivity contribution is -0.145. The molecule has 0 aliphatic heterocycles. The Morgan fingerprint density at radius 1 is 1.19 bits per heavy atom. The molecule has 0 aromatic heterocycles. The van der Waals surface area contributed by atoms with Gasteiger partial charge in [-0.2, -0.15) is 0 Å². The Hall–Kier alpha value is -1.76. The zero-order valence-electron chi connectivity index (χ0n) is 9.83. The van der Waals surface area contributed by atoms with E-state index in [0.717, 1.165) is 0 Å². The molecule has 0 rings (SSSR count). The molecule has 0 heterocycles. The van der Waals surface area contributed by atoms with Crippen molar-refractivity contribution in [3.63, 3.8) is 0 Å². The molecule has 0 N–H and O–H groups in total. The molecule has 0 bridgehead atoms. The van der Waals surface area contributed by atoms with Crippen LogP contribution < -0.4 is 0 Å². The normalized spacial score (nSPS) is 9.00. The van der Waals surface area contributed by atoms with Crippen LogP contribution in [0.3, 0.4) is 0 Å². The molecule has 88 valence electrons. The summed E-state index contributed by atoms with van der Waals surface area (Å²) in [5.41, 5.74) is 0.327. The van der Waals surface area contributed by atoms with Gasteiger partial charge in [-0.1, -0.05) is 32.3 Å². The lowest BCUT2D eigenvalue weighted by Crippen LogP contribution is -2.11. The predicted octanol–water partition coefficient (Wildman–Crippen LogP) is 1.31. The maximum absolute atomic E-state index is 11.0. The molecule has 0 spiro atoms. The molecule has 0 atom stereocenters. The summed E-state index contributed by atoms with van der Waals surface area (Å²) in [5.74, 6) is 4.18. The average Bonchev–Trinajstić information content (AvgIpc) is 2.21. The Morgan fingerprint density at radius 3 is 2.12 bits per heavy atom. The van der Waals surface area contributed by atoms with Crippen LogP contribution in [0, 0.1) is 17.8 Å². The molecule has 0 aliphatic rings. The van der Waals surface area contributed by atoms with E-state index in [0.29, 0.717) is 5.57 Å². The van der Waals surface area contributed by atoms with Gasteiger partial charge in [0.1, 0.15) is 0 Å². The van der Waals surface area contributed by atoms with Gasteiger partial charge in [0.15, 0.2) is 13.2 Å². The number of hydrogen-bond donors (Lipinski definition) is 0. The van der Waals surface area contributed by atoms with Crippen LogP contribution in [0.5, 0.6) is 0 Å². The second-order valence-electron chi connectivity index (χ2n) is 3.47. The lowest BCUT2D eigenvalue weighted by Gasteiger charge is -2.02. The van der Waals surface area contributed by atoms with E-state index < -0.39 is 5.97 Å². The molecular weight excluding hydrogens is 208 g/mol. The highest BCUT2D eigenvalue weighted by Gasteiger charge is 2.06. The first-order chi connectivity index (χ1) is 7.45. The van der Waals surface area contributed by atoms with Crippen LogP contribution in [0.25, 0.3) is 0 Å². The smallest absolute Gasteiger partial charge is 0.334 e. The Kier molecular flexibility index (Phi) is 6.69. The van der Waals surface area contributed by atoms with Crippen molar-refractivity contribution >= 4 is 11.9 Å². The van der Waals surface area contributed by atoms with E-state index in [-0.39, 0.29) is 25.1 Å². The Labute approximate surface area is 95.6 Å². The third-order valence-electron chi connectivity index (χ3n) is 1.51. The molecule has 0 aromatic rings. The summed E-state index contributed by atoms with van der Waals surface area (Å²) in [6, 6.07) is 0. The molecule has 0 saturated heterocycles. The number of esters is 2. The van der Waals surface area contributed by atoms with Crippen molar-refractivity contribution in [1.82, 2.24) is 0 Å². The highest BCUT2D eigenvalue weighted by molar-refractivity contribution is 5.87. The third kappa shape index (κ3) is 6.66. The van der Waals surface area contributed by atoms with E-state index in [1.807, 2.05) is 0 Å². The number of rotatable bonds is 4. The van der Waals surface area contributed by atoms with Crippen LogP contribution in [0.2, 0.25) is 0 Å². The molecule has 4 nitrogen and oxygen atoms in total. The quantitative estimate of drug-likeness (QED) is 0.410. The highest BCUT2D eigenvalue weighted by atomic mass is 16.5. The number of carbonyl (C=O) groups is 2. The van der Waals surface area contributed by atoms with Crippen molar-refractivity contribution in [2.24, 2.45) is 5.92 Å². The molecule has 4 heteroatoms. The summed E-state index contributed by atoms with van der Waals surface area (Å²) in [7, 11) is 0. The second-order valence-corrected chi connectivity index (χ2v) is 3.47. The fourth-order valence-corrected chi connectivity index (χ4v) is 0.601. The first-order valence-electron chi connectivity index (χ1n) is 4.90. The molecule has 0 fully saturated rings. The number of hydrogen-bond acceptors (Lipinski definition) is 4. The van der Waals surface area contributed by atoms with Crippen molar-refractivity contribution in [1.29, 1.82) is 0 Å². The minimum Gasteiger partial charge on any atom is -0.452 e. The fraction of sp³-hybridized carbons (Fsp3) is 0.500. The van der Waals surface area contributed by atoms with E-state index >= 15 is 0 Å². The van der Waals surface area contributed by atoms with Gasteiger partial charge in [-0.15, -0.1) is 0 Å². The van der Waals surface area contributed by atoms with E-state index in [9.17, 15) is 9.59 Å². The SMILES string of the molecule is C=C(C)C(=O)OCC#CCOC(=O)C(C)C. The van der Waals surface area contributed by atoms with Crippen molar-refractivity contribution in [2.75, 3.05) is 13.2 Å². The van der Waals surface area contributed by atoms with E-state index in [2.05, 4.69) is 18.4 Å². The van der Waals surface area contributed by atoms with Gasteiger partial charge in [-0.25, -0.2) is 4.79 Å². The monoisotopic (exact) mass is 224 g/mol. The molecular formula is C12H16O4. The minimum atomic E-state index is -0.478. The van der Waals surface area contributed by atoms with Gasteiger partial charge in [0, 0.05) is 5.57 Å². The first kappa shape index (κ1) is 14.2. The van der Waals surface area contributed by atoms with Crippen molar-refractivity contribution in [3.05, 3.63) is 12.2 Å². The zero-order chi connectivity index (χ0) is 12.6. The van der Waals surface area contributed by atoms with Crippen molar-refractivity contribution in [3.8, 4) is 11.8 Å². The number of ether oxygens (including phenoxy) is 2. The van der Waals surface area contributed by atoms with Gasteiger partial charge >= 0.3 is 11.9 Å². The maximum atomic E-state index is 11.0. The Morgan fingerprint density at radius 2 is 1.69 bits per heavy atom. The summed E-state index contributed by atoms with van der Waals surface area (Å²) < 4.78 is 9.49. The van der Waals surface area contributed by atoms with Crippen LogP contribution in [0.1, 0.15) is 20.8 Å². The lowest BCUT2D eigenvalue weighted by atomic mass is 10.2.